The molecule has 308 valence electrons. The molecule has 0 unspecified atom stereocenters. The second-order valence-corrected chi connectivity index (χ2v) is 16.7. The van der Waals surface area contributed by atoms with Crippen molar-refractivity contribution < 1.29 is 41.4 Å². The molecule has 3 aromatic heterocycles. The van der Waals surface area contributed by atoms with Crippen LogP contribution in [0.1, 0.15) is 71.6 Å². The molecule has 2 N–H and O–H groups in total. The van der Waals surface area contributed by atoms with Gasteiger partial charge in [0.2, 0.25) is 0 Å². The van der Waals surface area contributed by atoms with Crippen molar-refractivity contribution in [3.63, 3.8) is 0 Å². The molecule has 58 heavy (non-hydrogen) atoms. The van der Waals surface area contributed by atoms with E-state index in [1.54, 1.807) is 59.7 Å². The topological polar surface area (TPSA) is 147 Å². The molecule has 4 amide bonds. The number of hydrogen-bond donors (Lipinski definition) is 2. The normalized spacial score (nSPS) is 15.8. The Labute approximate surface area is 333 Å². The number of benzene rings is 2. The number of amides is 4. The zero-order chi connectivity index (χ0) is 41.7. The summed E-state index contributed by atoms with van der Waals surface area (Å²) in [5.74, 6) is -0.0473. The minimum absolute atomic E-state index is 0.0285. The number of ether oxygens (including phenoxy) is 2. The third-order valence-corrected chi connectivity index (χ3v) is 9.71. The summed E-state index contributed by atoms with van der Waals surface area (Å²) in [6.45, 7) is 13.1. The summed E-state index contributed by atoms with van der Waals surface area (Å²) in [6, 6.07) is 8.18. The van der Waals surface area contributed by atoms with Gasteiger partial charge >= 0.3 is 24.4 Å². The van der Waals surface area contributed by atoms with Gasteiger partial charge in [-0.15, -0.1) is 0 Å². The molecule has 2 aliphatic rings. The van der Waals surface area contributed by atoms with Gasteiger partial charge in [0.15, 0.2) is 11.4 Å². The summed E-state index contributed by atoms with van der Waals surface area (Å²) < 4.78 is 61.9. The van der Waals surface area contributed by atoms with Crippen molar-refractivity contribution in [1.29, 1.82) is 0 Å². The Bertz CT molecular complexity index is 2340. The molecule has 14 nitrogen and oxygen atoms in total. The first kappa shape index (κ1) is 40.5. The van der Waals surface area contributed by atoms with Crippen molar-refractivity contribution in [3.8, 4) is 11.1 Å². The van der Waals surface area contributed by atoms with Gasteiger partial charge in [-0.2, -0.15) is 18.1 Å². The Kier molecular flexibility index (Phi) is 10.7. The largest absolute Gasteiger partial charge is 0.462 e. The zero-order valence-corrected chi connectivity index (χ0v) is 33.5. The highest BCUT2D eigenvalue weighted by Gasteiger charge is 2.38. The first-order valence-corrected chi connectivity index (χ1v) is 19.1. The average Bonchev–Trinajstić information content (AvgIpc) is 3.69. The van der Waals surface area contributed by atoms with Crippen molar-refractivity contribution in [2.24, 2.45) is 0 Å². The molecule has 0 atom stereocenters. The molecule has 1 aliphatic heterocycles. The predicted octanol–water partition coefficient (Wildman–Crippen LogP) is 9.27. The molecular weight excluding hydrogens is 757 g/mol. The first-order chi connectivity index (χ1) is 27.3. The maximum Gasteiger partial charge on any atom is 0.425 e. The predicted molar refractivity (Wildman–Crippen MR) is 213 cm³/mol. The summed E-state index contributed by atoms with van der Waals surface area (Å²) in [4.78, 5) is 54.8. The van der Waals surface area contributed by atoms with E-state index in [4.69, 9.17) is 13.9 Å². The van der Waals surface area contributed by atoms with Crippen LogP contribution in [0.4, 0.5) is 44.7 Å². The van der Waals surface area contributed by atoms with Gasteiger partial charge < -0.3 is 34.0 Å². The number of halogens is 3. The Morgan fingerprint density at radius 3 is 2.17 bits per heavy atom. The second-order valence-electron chi connectivity index (χ2n) is 16.7. The Morgan fingerprint density at radius 1 is 0.879 bits per heavy atom. The lowest BCUT2D eigenvalue weighted by Gasteiger charge is -2.33. The number of fused-ring (bicyclic) bond motifs is 2. The quantitative estimate of drug-likeness (QED) is 0.163. The molecule has 17 heteroatoms. The van der Waals surface area contributed by atoms with Gasteiger partial charge in [-0.1, -0.05) is 12.1 Å². The number of anilines is 3. The number of hydrogen-bond acceptors (Lipinski definition) is 10. The van der Waals surface area contributed by atoms with E-state index in [1.807, 2.05) is 22.7 Å². The molecule has 1 saturated heterocycles. The molecule has 4 heterocycles. The number of nitrogens with one attached hydrogen (secondary N) is 2. The van der Waals surface area contributed by atoms with Gasteiger partial charge in [-0.05, 0) is 96.8 Å². The number of furan rings is 1. The Morgan fingerprint density at radius 2 is 1.55 bits per heavy atom. The lowest BCUT2D eigenvalue weighted by molar-refractivity contribution is -0.138. The summed E-state index contributed by atoms with van der Waals surface area (Å²) in [5, 5.41) is 6.18. The summed E-state index contributed by atoms with van der Waals surface area (Å²) >= 11 is 0. The van der Waals surface area contributed by atoms with Crippen LogP contribution in [-0.2, 0) is 22.2 Å². The third-order valence-electron chi connectivity index (χ3n) is 9.71. The molecule has 2 fully saturated rings. The van der Waals surface area contributed by atoms with Crippen LogP contribution in [0.15, 0.2) is 59.6 Å². The van der Waals surface area contributed by atoms with Crippen molar-refractivity contribution >= 4 is 57.4 Å². The van der Waals surface area contributed by atoms with E-state index >= 15 is 0 Å². The average molecular weight is 805 g/mol. The van der Waals surface area contributed by atoms with E-state index in [9.17, 15) is 27.6 Å². The fourth-order valence-electron chi connectivity index (χ4n) is 6.92. The summed E-state index contributed by atoms with van der Waals surface area (Å²) in [7, 11) is 1.98. The van der Waals surface area contributed by atoms with Crippen molar-refractivity contribution in [2.45, 2.75) is 84.3 Å². The summed E-state index contributed by atoms with van der Waals surface area (Å²) in [6.07, 6.45) is -0.209. The van der Waals surface area contributed by atoms with Crippen LogP contribution in [-0.4, -0.2) is 87.0 Å². The van der Waals surface area contributed by atoms with E-state index in [1.165, 1.54) is 24.7 Å². The Balaban J connectivity index is 1.22. The highest BCUT2D eigenvalue weighted by Crippen LogP contribution is 2.46. The van der Waals surface area contributed by atoms with Crippen molar-refractivity contribution in [2.75, 3.05) is 48.8 Å². The molecule has 7 rings (SSSR count). The fraction of sp³-hybridized carbons (Fsp3) is 0.439. The van der Waals surface area contributed by atoms with Crippen molar-refractivity contribution in [1.82, 2.24) is 24.3 Å². The molecule has 2 aromatic carbocycles. The number of aromatic nitrogens is 3. The lowest BCUT2D eigenvalue weighted by atomic mass is 10.0. The van der Waals surface area contributed by atoms with Gasteiger partial charge in [0.05, 0.1) is 22.9 Å². The maximum atomic E-state index is 14.2. The van der Waals surface area contributed by atoms with Crippen molar-refractivity contribution in [3.05, 3.63) is 66.3 Å². The van der Waals surface area contributed by atoms with Crippen LogP contribution < -0.4 is 15.5 Å². The van der Waals surface area contributed by atoms with Crippen LogP contribution in [0, 0.1) is 0 Å². The van der Waals surface area contributed by atoms with Gasteiger partial charge in [-0.3, -0.25) is 4.90 Å². The number of carbonyl (C=O) groups excluding carboxylic acids is 3. The number of piperazine rings is 1. The number of likely N-dealkylation sites (N-methyl/N-ethyl adjacent to an activating group) is 1. The maximum absolute atomic E-state index is 14.2. The number of rotatable bonds is 7. The van der Waals surface area contributed by atoms with Crippen LogP contribution in [0.3, 0.4) is 0 Å². The smallest absolute Gasteiger partial charge is 0.425 e. The number of urea groups is 1. The van der Waals surface area contributed by atoms with E-state index in [-0.39, 0.29) is 40.9 Å². The van der Waals surface area contributed by atoms with Gasteiger partial charge in [0.25, 0.3) is 0 Å². The fourth-order valence-corrected chi connectivity index (χ4v) is 6.92. The Hall–Kier alpha value is -5.68. The molecule has 0 radical (unpaired) electrons. The second kappa shape index (κ2) is 15.2. The zero-order valence-electron chi connectivity index (χ0n) is 33.5. The van der Waals surface area contributed by atoms with Crippen LogP contribution in [0.2, 0.25) is 0 Å². The minimum Gasteiger partial charge on any atom is -0.462 e. The molecule has 0 bridgehead atoms. The molecule has 1 saturated carbocycles. The van der Waals surface area contributed by atoms with Crippen LogP contribution in [0.25, 0.3) is 33.1 Å². The monoisotopic (exact) mass is 804 g/mol. The first-order valence-electron chi connectivity index (χ1n) is 19.1. The summed E-state index contributed by atoms with van der Waals surface area (Å²) in [5.41, 5.74) is -0.464. The third kappa shape index (κ3) is 8.89. The van der Waals surface area contributed by atoms with E-state index < -0.39 is 41.2 Å². The van der Waals surface area contributed by atoms with Gasteiger partial charge in [0.1, 0.15) is 23.2 Å². The molecule has 0 spiro atoms. The lowest BCUT2D eigenvalue weighted by Crippen LogP contribution is -2.44. The van der Waals surface area contributed by atoms with Crippen LogP contribution >= 0.6 is 0 Å². The molecule has 5 aromatic rings. The van der Waals surface area contributed by atoms with Gasteiger partial charge in [0, 0.05) is 61.6 Å². The van der Waals surface area contributed by atoms with E-state index in [0.29, 0.717) is 40.6 Å². The number of carbonyl (C=O) groups is 3. The molecule has 1 aliphatic carbocycles. The number of imide groups is 1. The highest BCUT2D eigenvalue weighted by atomic mass is 19.4. The van der Waals surface area contributed by atoms with E-state index in [0.717, 1.165) is 36.9 Å². The number of alkyl halides is 3. The standard InChI is InChI=1S/C41H47F3N8O6/c1-39(2,3)57-37(54)52(38(55)58-40(4,5)6)35-32-29(22-51(26-10-11-26)34(32)45-23-46-35)27-12-13-31(33-28(27)14-19-56-33)48-36(53)47-25-9-8-24(30(20-25)41(42,43)44)21-50-17-15-49(7)16-18-50/h8-9,12-14,19-20,22-23,26H,10-11,15-18,21H2,1-7H3,(H2,47,48,53). The highest BCUT2D eigenvalue weighted by molar-refractivity contribution is 6.18. The van der Waals surface area contributed by atoms with Gasteiger partial charge in [-0.25, -0.2) is 24.4 Å². The SMILES string of the molecule is CN1CCN(Cc2ccc(NC(=O)Nc3ccc(-c4cn(C5CC5)c5ncnc(N(C(=O)OC(C)(C)C)C(=O)OC(C)(C)C)c45)c4ccoc34)cc2C(F)(F)F)CC1. The van der Waals surface area contributed by atoms with Crippen LogP contribution in [0.5, 0.6) is 0 Å². The van der Waals surface area contributed by atoms with E-state index in [2.05, 4.69) is 25.5 Å². The minimum atomic E-state index is -4.63. The molecular formula is C41H47F3N8O6. The number of nitrogens with zero attached hydrogens (tertiary/aromatic N) is 6.